The van der Waals surface area contributed by atoms with Gasteiger partial charge in [0.05, 0.1) is 27.7 Å². The predicted molar refractivity (Wildman–Crippen MR) is 154 cm³/mol. The molecule has 1 aromatic heterocycles. The maximum absolute atomic E-state index is 13.5. The Bertz CT molecular complexity index is 1640. The van der Waals surface area contributed by atoms with Gasteiger partial charge in [0.1, 0.15) is 10.8 Å². The first-order chi connectivity index (χ1) is 19.0. The standard InChI is InChI=1S/C28H28ClN5O5S/c1-19(2)17-32(40(38,39)23-13-14-24(29)26(15-23)34(36)37)18-28(35)30-27-16-25(21-7-5-4-6-8-21)31-33(27)22-11-9-20(3)10-12-22/h4-16,19H,17-18H2,1-3H3,(H,30,35). The van der Waals surface area contributed by atoms with Gasteiger partial charge in [0.15, 0.2) is 0 Å². The molecule has 0 aliphatic rings. The minimum Gasteiger partial charge on any atom is -0.309 e. The molecule has 4 rings (SSSR count). The highest BCUT2D eigenvalue weighted by Gasteiger charge is 2.30. The summed E-state index contributed by atoms with van der Waals surface area (Å²) in [4.78, 5) is 23.6. The maximum Gasteiger partial charge on any atom is 0.289 e. The normalized spacial score (nSPS) is 11.7. The third kappa shape index (κ3) is 6.56. The van der Waals surface area contributed by atoms with Crippen molar-refractivity contribution in [1.29, 1.82) is 0 Å². The van der Waals surface area contributed by atoms with Crippen LogP contribution in [0, 0.1) is 23.0 Å². The SMILES string of the molecule is Cc1ccc(-n2nc(-c3ccccc3)cc2NC(=O)CN(CC(C)C)S(=O)(=O)c2ccc(Cl)c([N+](=O)[O-])c2)cc1. The van der Waals surface area contributed by atoms with Crippen molar-refractivity contribution in [2.24, 2.45) is 5.92 Å². The number of aryl methyl sites for hydroxylation is 1. The van der Waals surface area contributed by atoms with E-state index in [9.17, 15) is 23.3 Å². The van der Waals surface area contributed by atoms with E-state index < -0.39 is 33.1 Å². The zero-order valence-corrected chi connectivity index (χ0v) is 23.7. The summed E-state index contributed by atoms with van der Waals surface area (Å²) in [5.41, 5.74) is 2.70. The van der Waals surface area contributed by atoms with Crippen LogP contribution in [0.4, 0.5) is 11.5 Å². The Hall–Kier alpha value is -4.06. The number of nitro benzene ring substituents is 1. The van der Waals surface area contributed by atoms with Crippen LogP contribution in [0.2, 0.25) is 5.02 Å². The van der Waals surface area contributed by atoms with E-state index in [0.29, 0.717) is 17.2 Å². The van der Waals surface area contributed by atoms with Crippen LogP contribution in [-0.4, -0.2) is 46.4 Å². The first-order valence-corrected chi connectivity index (χ1v) is 14.2. The molecule has 10 nitrogen and oxygen atoms in total. The molecule has 3 aromatic carbocycles. The van der Waals surface area contributed by atoms with E-state index >= 15 is 0 Å². The van der Waals surface area contributed by atoms with Crippen molar-refractivity contribution in [1.82, 2.24) is 14.1 Å². The summed E-state index contributed by atoms with van der Waals surface area (Å²) in [6.07, 6.45) is 0. The van der Waals surface area contributed by atoms with Crippen molar-refractivity contribution in [2.75, 3.05) is 18.4 Å². The van der Waals surface area contributed by atoms with Crippen molar-refractivity contribution in [3.8, 4) is 16.9 Å². The Morgan fingerprint density at radius 3 is 2.38 bits per heavy atom. The molecule has 0 aliphatic heterocycles. The minimum absolute atomic E-state index is 0.0126. The van der Waals surface area contributed by atoms with Crippen molar-refractivity contribution < 1.29 is 18.1 Å². The van der Waals surface area contributed by atoms with Crippen LogP contribution >= 0.6 is 11.6 Å². The van der Waals surface area contributed by atoms with Crippen molar-refractivity contribution in [3.05, 3.63) is 99.6 Å². The van der Waals surface area contributed by atoms with E-state index in [1.165, 1.54) is 6.07 Å². The molecule has 0 spiro atoms. The number of amides is 1. The molecule has 0 aliphatic carbocycles. The van der Waals surface area contributed by atoms with Crippen LogP contribution in [0.15, 0.2) is 83.8 Å². The first kappa shape index (κ1) is 28.9. The number of halogens is 1. The van der Waals surface area contributed by atoms with Crippen molar-refractivity contribution in [2.45, 2.75) is 25.7 Å². The number of sulfonamides is 1. The molecular weight excluding hydrogens is 554 g/mol. The average molecular weight is 582 g/mol. The minimum atomic E-state index is -4.27. The number of carbonyl (C=O) groups is 1. The fourth-order valence-electron chi connectivity index (χ4n) is 4.04. The van der Waals surface area contributed by atoms with Gasteiger partial charge in [-0.05, 0) is 37.1 Å². The molecule has 0 atom stereocenters. The highest BCUT2D eigenvalue weighted by molar-refractivity contribution is 7.89. The number of nitro groups is 1. The number of carbonyl (C=O) groups excluding carboxylic acids is 1. The summed E-state index contributed by atoms with van der Waals surface area (Å²) >= 11 is 5.88. The Kier molecular flexibility index (Phi) is 8.67. The quantitative estimate of drug-likeness (QED) is 0.189. The molecule has 0 fully saturated rings. The lowest BCUT2D eigenvalue weighted by molar-refractivity contribution is -0.384. The topological polar surface area (TPSA) is 127 Å². The molecular formula is C28H28ClN5O5S. The predicted octanol–water partition coefficient (Wildman–Crippen LogP) is 5.69. The van der Waals surface area contributed by atoms with Gasteiger partial charge in [0, 0.05) is 24.2 Å². The Morgan fingerprint density at radius 1 is 1.07 bits per heavy atom. The monoisotopic (exact) mass is 581 g/mol. The van der Waals surface area contributed by atoms with Crippen LogP contribution < -0.4 is 5.32 Å². The van der Waals surface area contributed by atoms with Crippen molar-refractivity contribution in [3.63, 3.8) is 0 Å². The van der Waals surface area contributed by atoms with Gasteiger partial charge < -0.3 is 5.32 Å². The largest absolute Gasteiger partial charge is 0.309 e. The van der Waals surface area contributed by atoms with Crippen molar-refractivity contribution >= 4 is 39.0 Å². The molecule has 1 heterocycles. The molecule has 0 saturated heterocycles. The molecule has 1 amide bonds. The van der Waals surface area contributed by atoms with Gasteiger partial charge in [0.25, 0.3) is 5.69 Å². The van der Waals surface area contributed by atoms with Gasteiger partial charge in [-0.3, -0.25) is 14.9 Å². The smallest absolute Gasteiger partial charge is 0.289 e. The summed E-state index contributed by atoms with van der Waals surface area (Å²) in [6, 6.07) is 22.0. The number of hydrogen-bond acceptors (Lipinski definition) is 6. The second kappa shape index (κ2) is 12.0. The number of nitrogens with one attached hydrogen (secondary N) is 1. The van der Waals surface area contributed by atoms with Crippen LogP contribution in [0.3, 0.4) is 0 Å². The van der Waals surface area contributed by atoms with Gasteiger partial charge >= 0.3 is 0 Å². The van der Waals surface area contributed by atoms with Gasteiger partial charge in [-0.2, -0.15) is 9.40 Å². The van der Waals surface area contributed by atoms with Crippen LogP contribution in [0.1, 0.15) is 19.4 Å². The second-order valence-corrected chi connectivity index (χ2v) is 12.0. The van der Waals surface area contributed by atoms with Crippen LogP contribution in [0.5, 0.6) is 0 Å². The molecule has 0 saturated carbocycles. The Balaban J connectivity index is 1.66. The molecule has 208 valence electrons. The van der Waals surface area contributed by atoms with Gasteiger partial charge in [-0.1, -0.05) is 73.5 Å². The summed E-state index contributed by atoms with van der Waals surface area (Å²) in [6.45, 7) is 5.08. The highest BCUT2D eigenvalue weighted by Crippen LogP contribution is 2.29. The molecule has 0 radical (unpaired) electrons. The van der Waals surface area contributed by atoms with E-state index in [2.05, 4.69) is 10.4 Å². The van der Waals surface area contributed by atoms with Gasteiger partial charge in [0.2, 0.25) is 15.9 Å². The molecule has 12 heteroatoms. The molecule has 4 aromatic rings. The second-order valence-electron chi connectivity index (χ2n) is 9.64. The lowest BCUT2D eigenvalue weighted by Crippen LogP contribution is -2.40. The number of rotatable bonds is 10. The van der Waals surface area contributed by atoms with E-state index in [-0.39, 0.29) is 22.4 Å². The average Bonchev–Trinajstić information content (AvgIpc) is 3.32. The maximum atomic E-state index is 13.5. The summed E-state index contributed by atoms with van der Waals surface area (Å²) in [7, 11) is -4.27. The molecule has 0 bridgehead atoms. The number of benzene rings is 3. The molecule has 1 N–H and O–H groups in total. The van der Waals surface area contributed by atoms with E-state index in [4.69, 9.17) is 11.6 Å². The van der Waals surface area contributed by atoms with E-state index in [0.717, 1.165) is 27.6 Å². The molecule has 0 unspecified atom stereocenters. The fourth-order valence-corrected chi connectivity index (χ4v) is 5.81. The number of aromatic nitrogens is 2. The van der Waals surface area contributed by atoms with Crippen LogP contribution in [-0.2, 0) is 14.8 Å². The van der Waals surface area contributed by atoms with E-state index in [1.54, 1.807) is 10.7 Å². The third-order valence-corrected chi connectivity index (χ3v) is 8.09. The lowest BCUT2D eigenvalue weighted by atomic mass is 10.1. The first-order valence-electron chi connectivity index (χ1n) is 12.4. The summed E-state index contributed by atoms with van der Waals surface area (Å²) in [5, 5.41) is 18.6. The van der Waals surface area contributed by atoms with Gasteiger partial charge in [-0.25, -0.2) is 13.1 Å². The Morgan fingerprint density at radius 2 is 1.75 bits per heavy atom. The Labute approximate surface area is 237 Å². The number of nitrogens with zero attached hydrogens (tertiary/aromatic N) is 4. The number of anilines is 1. The summed E-state index contributed by atoms with van der Waals surface area (Å²) < 4.78 is 29.6. The molecule has 40 heavy (non-hydrogen) atoms. The summed E-state index contributed by atoms with van der Waals surface area (Å²) in [5.74, 6) is -0.370. The zero-order valence-electron chi connectivity index (χ0n) is 22.1. The third-order valence-electron chi connectivity index (χ3n) is 5.97. The highest BCUT2D eigenvalue weighted by atomic mass is 35.5. The van der Waals surface area contributed by atoms with Gasteiger partial charge in [-0.15, -0.1) is 0 Å². The van der Waals surface area contributed by atoms with E-state index in [1.807, 2.05) is 75.4 Å². The number of hydrogen-bond donors (Lipinski definition) is 1. The fraction of sp³-hybridized carbons (Fsp3) is 0.214. The zero-order chi connectivity index (χ0) is 29.0. The lowest BCUT2D eigenvalue weighted by Gasteiger charge is -2.23. The van der Waals surface area contributed by atoms with Crippen LogP contribution in [0.25, 0.3) is 16.9 Å².